The van der Waals surface area contributed by atoms with Gasteiger partial charge in [-0.15, -0.1) is 0 Å². The molecule has 0 amide bonds. The van der Waals surface area contributed by atoms with Gasteiger partial charge in [-0.25, -0.2) is 4.98 Å². The van der Waals surface area contributed by atoms with Crippen molar-refractivity contribution in [3.05, 3.63) is 51.2 Å². The molecule has 0 radical (unpaired) electrons. The van der Waals surface area contributed by atoms with Gasteiger partial charge in [0.15, 0.2) is 0 Å². The minimum Gasteiger partial charge on any atom is -0.342 e. The second-order valence-electron chi connectivity index (χ2n) is 7.72. The fourth-order valence-electron chi connectivity index (χ4n) is 3.89. The second kappa shape index (κ2) is 7.19. The van der Waals surface area contributed by atoms with E-state index in [0.29, 0.717) is 6.54 Å². The Labute approximate surface area is 154 Å². The van der Waals surface area contributed by atoms with Crippen molar-refractivity contribution in [1.29, 1.82) is 0 Å². The average molecular weight is 353 g/mol. The van der Waals surface area contributed by atoms with Crippen LogP contribution in [-0.4, -0.2) is 39.5 Å². The van der Waals surface area contributed by atoms with Gasteiger partial charge in [-0.1, -0.05) is 13.0 Å². The average Bonchev–Trinajstić information content (AvgIpc) is 2.63. The number of fused-ring (bicyclic) bond motifs is 1. The molecular weight excluding hydrogens is 326 g/mol. The third-order valence-electron chi connectivity index (χ3n) is 5.55. The molecule has 0 unspecified atom stereocenters. The minimum absolute atomic E-state index is 0.0190. The molecule has 0 saturated carbocycles. The highest BCUT2D eigenvalue weighted by atomic mass is 16.1. The van der Waals surface area contributed by atoms with Gasteiger partial charge in [0.1, 0.15) is 0 Å². The molecular formula is C20H27N5O. The highest BCUT2D eigenvalue weighted by Crippen LogP contribution is 2.22. The number of nitrogens with zero attached hydrogens (tertiary/aromatic N) is 4. The molecule has 2 aromatic rings. The van der Waals surface area contributed by atoms with Crippen LogP contribution in [0.25, 0.3) is 0 Å². The van der Waals surface area contributed by atoms with E-state index in [4.69, 9.17) is 4.98 Å². The van der Waals surface area contributed by atoms with Crippen LogP contribution < -0.4 is 10.5 Å². The van der Waals surface area contributed by atoms with Gasteiger partial charge < -0.3 is 4.90 Å². The summed E-state index contributed by atoms with van der Waals surface area (Å²) in [5.41, 5.74) is 3.89. The molecule has 2 aromatic heterocycles. The zero-order valence-electron chi connectivity index (χ0n) is 15.7. The Kier molecular flexibility index (Phi) is 4.76. The normalized spacial score (nSPS) is 18.8. The first kappa shape index (κ1) is 17.2. The van der Waals surface area contributed by atoms with Crippen LogP contribution in [-0.2, 0) is 19.5 Å². The molecule has 0 bridgehead atoms. The molecule has 6 heteroatoms. The van der Waals surface area contributed by atoms with E-state index >= 15 is 0 Å². The summed E-state index contributed by atoms with van der Waals surface area (Å²) in [6, 6.07) is 6.09. The van der Waals surface area contributed by atoms with Crippen molar-refractivity contribution >= 4 is 5.95 Å². The molecule has 0 spiro atoms. The molecule has 26 heavy (non-hydrogen) atoms. The number of H-pyrrole nitrogens is 1. The number of pyridine rings is 1. The predicted octanol–water partition coefficient (Wildman–Crippen LogP) is 2.27. The summed E-state index contributed by atoms with van der Waals surface area (Å²) < 4.78 is 0. The van der Waals surface area contributed by atoms with Crippen LogP contribution in [0.4, 0.5) is 5.95 Å². The summed E-state index contributed by atoms with van der Waals surface area (Å²) in [5, 5.41) is 0. The zero-order chi connectivity index (χ0) is 18.1. The lowest BCUT2D eigenvalue weighted by atomic mass is 9.99. The molecule has 1 saturated heterocycles. The molecule has 2 aliphatic heterocycles. The summed E-state index contributed by atoms with van der Waals surface area (Å²) in [6.45, 7) is 8.58. The number of anilines is 1. The van der Waals surface area contributed by atoms with E-state index < -0.39 is 0 Å². The number of piperidine rings is 1. The van der Waals surface area contributed by atoms with E-state index in [2.05, 4.69) is 26.7 Å². The Morgan fingerprint density at radius 3 is 2.77 bits per heavy atom. The second-order valence-corrected chi connectivity index (χ2v) is 7.72. The number of aromatic nitrogens is 3. The summed E-state index contributed by atoms with van der Waals surface area (Å²) in [6.07, 6.45) is 3.15. The molecule has 1 fully saturated rings. The number of aromatic amines is 1. The highest BCUT2D eigenvalue weighted by molar-refractivity contribution is 5.35. The number of rotatable bonds is 3. The third kappa shape index (κ3) is 3.65. The Hall–Kier alpha value is -2.21. The first-order valence-electron chi connectivity index (χ1n) is 9.60. The summed E-state index contributed by atoms with van der Waals surface area (Å²) in [5.74, 6) is 1.52. The van der Waals surface area contributed by atoms with Crippen molar-refractivity contribution in [3.63, 3.8) is 0 Å². The molecule has 0 atom stereocenters. The van der Waals surface area contributed by atoms with Gasteiger partial charge in [0.05, 0.1) is 17.0 Å². The van der Waals surface area contributed by atoms with Crippen molar-refractivity contribution in [2.75, 3.05) is 24.5 Å². The number of aryl methyl sites for hydroxylation is 1. The minimum atomic E-state index is 0.0190. The van der Waals surface area contributed by atoms with Crippen LogP contribution in [0.1, 0.15) is 42.4 Å². The van der Waals surface area contributed by atoms with E-state index in [1.54, 1.807) is 0 Å². The lowest BCUT2D eigenvalue weighted by Gasteiger charge is -2.32. The van der Waals surface area contributed by atoms with Crippen molar-refractivity contribution < 1.29 is 0 Å². The monoisotopic (exact) mass is 353 g/mol. The maximum Gasteiger partial charge on any atom is 0.257 e. The number of hydrogen-bond donors (Lipinski definition) is 1. The first-order valence-corrected chi connectivity index (χ1v) is 9.60. The zero-order valence-corrected chi connectivity index (χ0v) is 15.7. The van der Waals surface area contributed by atoms with Gasteiger partial charge in [-0.2, -0.15) is 0 Å². The smallest absolute Gasteiger partial charge is 0.257 e. The standard InChI is InChI=1S/C20H27N5O/c1-14-6-10-25(11-7-14)20-22-18-8-9-24(13-17(18)19(26)23-20)12-16-5-3-4-15(2)21-16/h3-5,14H,6-13H2,1-2H3,(H,22,23,26). The van der Waals surface area contributed by atoms with Gasteiger partial charge in [-0.3, -0.25) is 19.7 Å². The Morgan fingerprint density at radius 2 is 2.00 bits per heavy atom. The quantitative estimate of drug-likeness (QED) is 0.917. The van der Waals surface area contributed by atoms with Gasteiger partial charge in [-0.05, 0) is 37.8 Å². The molecule has 4 rings (SSSR count). The molecule has 0 aliphatic carbocycles. The van der Waals surface area contributed by atoms with Gasteiger partial charge in [0.2, 0.25) is 5.95 Å². The van der Waals surface area contributed by atoms with Crippen LogP contribution in [0.15, 0.2) is 23.0 Å². The number of nitrogens with one attached hydrogen (secondary N) is 1. The van der Waals surface area contributed by atoms with Crippen LogP contribution in [0.5, 0.6) is 0 Å². The van der Waals surface area contributed by atoms with Crippen LogP contribution in [0, 0.1) is 12.8 Å². The SMILES string of the molecule is Cc1cccc(CN2CCc3nc(N4CCC(C)CC4)[nH]c(=O)c3C2)n1. The lowest BCUT2D eigenvalue weighted by Crippen LogP contribution is -2.39. The molecule has 138 valence electrons. The first-order chi connectivity index (χ1) is 12.6. The van der Waals surface area contributed by atoms with Gasteiger partial charge in [0, 0.05) is 44.8 Å². The highest BCUT2D eigenvalue weighted by Gasteiger charge is 2.24. The molecule has 2 aliphatic rings. The Morgan fingerprint density at radius 1 is 1.19 bits per heavy atom. The fraction of sp³-hybridized carbons (Fsp3) is 0.550. The topological polar surface area (TPSA) is 65.1 Å². The van der Waals surface area contributed by atoms with Gasteiger partial charge in [0.25, 0.3) is 5.56 Å². The summed E-state index contributed by atoms with van der Waals surface area (Å²) in [4.78, 5) is 29.6. The van der Waals surface area contributed by atoms with E-state index in [9.17, 15) is 4.79 Å². The Bertz CT molecular complexity index is 838. The molecule has 0 aromatic carbocycles. The molecule has 4 heterocycles. The van der Waals surface area contributed by atoms with E-state index in [1.807, 2.05) is 25.1 Å². The largest absolute Gasteiger partial charge is 0.342 e. The fourth-order valence-corrected chi connectivity index (χ4v) is 3.89. The maximum atomic E-state index is 12.7. The summed E-state index contributed by atoms with van der Waals surface area (Å²) >= 11 is 0. The molecule has 6 nitrogen and oxygen atoms in total. The van der Waals surface area contributed by atoms with Crippen molar-refractivity contribution in [2.24, 2.45) is 5.92 Å². The van der Waals surface area contributed by atoms with Gasteiger partial charge >= 0.3 is 0 Å². The lowest BCUT2D eigenvalue weighted by molar-refractivity contribution is 0.239. The van der Waals surface area contributed by atoms with Crippen molar-refractivity contribution in [1.82, 2.24) is 19.9 Å². The van der Waals surface area contributed by atoms with Crippen molar-refractivity contribution in [2.45, 2.75) is 46.2 Å². The summed E-state index contributed by atoms with van der Waals surface area (Å²) in [7, 11) is 0. The van der Waals surface area contributed by atoms with Crippen LogP contribution in [0.3, 0.4) is 0 Å². The van der Waals surface area contributed by atoms with Crippen molar-refractivity contribution in [3.8, 4) is 0 Å². The molecule has 1 N–H and O–H groups in total. The van der Waals surface area contributed by atoms with Crippen LogP contribution in [0.2, 0.25) is 0 Å². The number of hydrogen-bond acceptors (Lipinski definition) is 5. The predicted molar refractivity (Wildman–Crippen MR) is 102 cm³/mol. The van der Waals surface area contributed by atoms with Crippen LogP contribution >= 0.6 is 0 Å². The maximum absolute atomic E-state index is 12.7. The van der Waals surface area contributed by atoms with E-state index in [0.717, 1.165) is 80.0 Å². The van der Waals surface area contributed by atoms with E-state index in [-0.39, 0.29) is 5.56 Å². The van der Waals surface area contributed by atoms with E-state index in [1.165, 1.54) is 0 Å². The Balaban J connectivity index is 1.50. The third-order valence-corrected chi connectivity index (χ3v) is 5.55.